The van der Waals surface area contributed by atoms with Crippen LogP contribution in [0.5, 0.6) is 5.75 Å². The maximum atomic E-state index is 11.0. The molecule has 0 spiro atoms. The number of nitro groups is 1. The molecule has 3 atom stereocenters. The minimum atomic E-state index is -0.422. The molecule has 0 radical (unpaired) electrons. The van der Waals surface area contributed by atoms with Crippen LogP contribution in [0.15, 0.2) is 18.2 Å². The minimum absolute atomic E-state index is 0.00266. The van der Waals surface area contributed by atoms with E-state index in [4.69, 9.17) is 9.47 Å². The van der Waals surface area contributed by atoms with Gasteiger partial charge in [0.1, 0.15) is 12.2 Å². The average molecular weight is 316 g/mol. The van der Waals surface area contributed by atoms with E-state index in [9.17, 15) is 10.1 Å². The van der Waals surface area contributed by atoms with Crippen molar-refractivity contribution in [3.63, 3.8) is 0 Å². The number of aryl methyl sites for hydroxylation is 1. The van der Waals surface area contributed by atoms with Crippen LogP contribution in [0.2, 0.25) is 0 Å². The van der Waals surface area contributed by atoms with Crippen LogP contribution in [0.4, 0.5) is 5.69 Å². The zero-order valence-electron chi connectivity index (χ0n) is 10.1. The third-order valence-electron chi connectivity index (χ3n) is 3.11. The molecule has 1 saturated carbocycles. The summed E-state index contributed by atoms with van der Waals surface area (Å²) in [5, 5.41) is 11.0. The van der Waals surface area contributed by atoms with Crippen LogP contribution in [-0.2, 0) is 4.74 Å². The van der Waals surface area contributed by atoms with E-state index in [2.05, 4.69) is 15.9 Å². The molecule has 0 heterocycles. The van der Waals surface area contributed by atoms with Gasteiger partial charge in [0.15, 0.2) is 5.75 Å². The summed E-state index contributed by atoms with van der Waals surface area (Å²) in [6, 6.07) is 4.91. The molecular formula is C12H14BrNO4. The van der Waals surface area contributed by atoms with Gasteiger partial charge in [0, 0.05) is 24.4 Å². The van der Waals surface area contributed by atoms with Crippen molar-refractivity contribution in [2.24, 2.45) is 0 Å². The lowest BCUT2D eigenvalue weighted by Crippen LogP contribution is -2.52. The van der Waals surface area contributed by atoms with Gasteiger partial charge in [-0.2, -0.15) is 0 Å². The first kappa shape index (κ1) is 13.3. The number of halogens is 1. The molecule has 5 nitrogen and oxygen atoms in total. The first-order chi connectivity index (χ1) is 8.54. The number of nitrogens with zero attached hydrogens (tertiary/aromatic N) is 1. The zero-order chi connectivity index (χ0) is 13.3. The van der Waals surface area contributed by atoms with E-state index in [1.165, 1.54) is 6.07 Å². The second-order valence-electron chi connectivity index (χ2n) is 4.29. The average Bonchev–Trinajstić information content (AvgIpc) is 2.30. The molecule has 0 aliphatic heterocycles. The number of alkyl halides is 1. The Morgan fingerprint density at radius 2 is 2.22 bits per heavy atom. The summed E-state index contributed by atoms with van der Waals surface area (Å²) in [5.41, 5.74) is 0.764. The number of nitro benzene ring substituents is 1. The largest absolute Gasteiger partial charge is 0.480 e. The quantitative estimate of drug-likeness (QED) is 0.487. The van der Waals surface area contributed by atoms with E-state index in [-0.39, 0.29) is 22.7 Å². The molecule has 0 bridgehead atoms. The maximum absolute atomic E-state index is 11.0. The van der Waals surface area contributed by atoms with Crippen LogP contribution < -0.4 is 4.74 Å². The van der Waals surface area contributed by atoms with Crippen molar-refractivity contribution in [2.75, 3.05) is 7.11 Å². The Labute approximate surface area is 113 Å². The van der Waals surface area contributed by atoms with E-state index in [0.29, 0.717) is 5.75 Å². The van der Waals surface area contributed by atoms with Crippen molar-refractivity contribution in [1.29, 1.82) is 0 Å². The van der Waals surface area contributed by atoms with Gasteiger partial charge in [0.2, 0.25) is 0 Å². The van der Waals surface area contributed by atoms with Gasteiger partial charge in [-0.15, -0.1) is 0 Å². The molecule has 98 valence electrons. The van der Waals surface area contributed by atoms with Crippen molar-refractivity contribution in [3.05, 3.63) is 33.9 Å². The first-order valence-corrected chi connectivity index (χ1v) is 6.53. The van der Waals surface area contributed by atoms with Crippen molar-refractivity contribution in [1.82, 2.24) is 0 Å². The van der Waals surface area contributed by atoms with E-state index >= 15 is 0 Å². The summed E-state index contributed by atoms with van der Waals surface area (Å²) >= 11 is 3.47. The molecule has 3 unspecified atom stereocenters. The van der Waals surface area contributed by atoms with Gasteiger partial charge in [-0.1, -0.05) is 28.1 Å². The van der Waals surface area contributed by atoms with E-state index in [1.54, 1.807) is 26.2 Å². The van der Waals surface area contributed by atoms with Crippen LogP contribution in [0, 0.1) is 17.0 Å². The lowest BCUT2D eigenvalue weighted by molar-refractivity contribution is -0.386. The number of rotatable bonds is 4. The third kappa shape index (κ3) is 2.35. The second kappa shape index (κ2) is 5.24. The van der Waals surface area contributed by atoms with Gasteiger partial charge in [0.05, 0.1) is 4.92 Å². The molecule has 0 N–H and O–H groups in total. The Balaban J connectivity index is 2.21. The molecule has 0 aromatic heterocycles. The fraction of sp³-hybridized carbons (Fsp3) is 0.500. The van der Waals surface area contributed by atoms with Crippen molar-refractivity contribution < 1.29 is 14.4 Å². The molecule has 18 heavy (non-hydrogen) atoms. The van der Waals surface area contributed by atoms with E-state index in [0.717, 1.165) is 12.0 Å². The fourth-order valence-corrected chi connectivity index (χ4v) is 2.95. The topological polar surface area (TPSA) is 61.6 Å². The highest BCUT2D eigenvalue weighted by Gasteiger charge is 2.42. The zero-order valence-corrected chi connectivity index (χ0v) is 11.7. The summed E-state index contributed by atoms with van der Waals surface area (Å²) < 4.78 is 11.0. The summed E-state index contributed by atoms with van der Waals surface area (Å²) in [5.74, 6) is 0.342. The number of hydrogen-bond donors (Lipinski definition) is 0. The molecule has 1 fully saturated rings. The second-order valence-corrected chi connectivity index (χ2v) is 5.46. The van der Waals surface area contributed by atoms with Crippen molar-refractivity contribution in [2.45, 2.75) is 30.4 Å². The molecular weight excluding hydrogens is 302 g/mol. The Bertz CT molecular complexity index is 465. The standard InChI is InChI=1S/C12H14BrNO4/c1-7-4-3-5-9(14(15)16)11(7)18-10-6-8(13)12(10)17-2/h3-5,8,10,12H,6H2,1-2H3. The molecule has 1 aliphatic rings. The summed E-state index contributed by atoms with van der Waals surface area (Å²) in [7, 11) is 1.61. The predicted octanol–water partition coefficient (Wildman–Crippen LogP) is 2.83. The Hall–Kier alpha value is -1.14. The number of ether oxygens (including phenoxy) is 2. The third-order valence-corrected chi connectivity index (χ3v) is 4.00. The Morgan fingerprint density at radius 1 is 1.50 bits per heavy atom. The molecule has 0 amide bonds. The highest BCUT2D eigenvalue weighted by atomic mass is 79.9. The van der Waals surface area contributed by atoms with Gasteiger partial charge in [-0.05, 0) is 12.5 Å². The van der Waals surface area contributed by atoms with Crippen molar-refractivity contribution in [3.8, 4) is 5.75 Å². The van der Waals surface area contributed by atoms with Crippen LogP contribution in [0.1, 0.15) is 12.0 Å². The van der Waals surface area contributed by atoms with Gasteiger partial charge < -0.3 is 9.47 Å². The molecule has 1 aliphatic carbocycles. The highest BCUT2D eigenvalue weighted by Crippen LogP contribution is 2.38. The number of para-hydroxylation sites is 1. The monoisotopic (exact) mass is 315 g/mol. The highest BCUT2D eigenvalue weighted by molar-refractivity contribution is 9.09. The van der Waals surface area contributed by atoms with Crippen LogP contribution >= 0.6 is 15.9 Å². The van der Waals surface area contributed by atoms with Crippen LogP contribution in [0.25, 0.3) is 0 Å². The lowest BCUT2D eigenvalue weighted by atomic mass is 9.91. The Kier molecular flexibility index (Phi) is 3.87. The van der Waals surface area contributed by atoms with Crippen LogP contribution in [-0.4, -0.2) is 29.1 Å². The Morgan fingerprint density at radius 3 is 2.78 bits per heavy atom. The summed E-state index contributed by atoms with van der Waals surface area (Å²) in [6.45, 7) is 1.80. The maximum Gasteiger partial charge on any atom is 0.311 e. The van der Waals surface area contributed by atoms with E-state index in [1.807, 2.05) is 0 Å². The SMILES string of the molecule is COC1C(Br)CC1Oc1c(C)cccc1[N+](=O)[O-]. The number of hydrogen-bond acceptors (Lipinski definition) is 4. The predicted molar refractivity (Wildman–Crippen MR) is 70.4 cm³/mol. The minimum Gasteiger partial charge on any atom is -0.480 e. The smallest absolute Gasteiger partial charge is 0.311 e. The number of benzene rings is 1. The van der Waals surface area contributed by atoms with Crippen LogP contribution in [0.3, 0.4) is 0 Å². The first-order valence-electron chi connectivity index (χ1n) is 5.62. The van der Waals surface area contributed by atoms with Crippen molar-refractivity contribution >= 4 is 21.6 Å². The fourth-order valence-electron chi connectivity index (χ4n) is 2.03. The van der Waals surface area contributed by atoms with Gasteiger partial charge in [-0.25, -0.2) is 0 Å². The van der Waals surface area contributed by atoms with Gasteiger partial charge in [0.25, 0.3) is 0 Å². The van der Waals surface area contributed by atoms with Gasteiger partial charge >= 0.3 is 5.69 Å². The summed E-state index contributed by atoms with van der Waals surface area (Å²) in [4.78, 5) is 10.8. The van der Waals surface area contributed by atoms with Gasteiger partial charge in [-0.3, -0.25) is 10.1 Å². The summed E-state index contributed by atoms with van der Waals surface area (Å²) in [6.07, 6.45) is 0.577. The molecule has 0 saturated heterocycles. The molecule has 6 heteroatoms. The normalized spacial score (nSPS) is 26.5. The molecule has 1 aromatic carbocycles. The molecule has 1 aromatic rings. The molecule has 2 rings (SSSR count). The van der Waals surface area contributed by atoms with E-state index < -0.39 is 4.92 Å². The lowest BCUT2D eigenvalue weighted by Gasteiger charge is -2.40. The number of methoxy groups -OCH3 is 1.